The van der Waals surface area contributed by atoms with Crippen LogP contribution < -0.4 is 10.6 Å². The second-order valence-electron chi connectivity index (χ2n) is 7.23. The molecule has 4 nitrogen and oxygen atoms in total. The van der Waals surface area contributed by atoms with Crippen LogP contribution in [-0.2, 0) is 13.0 Å². The van der Waals surface area contributed by atoms with Gasteiger partial charge in [-0.2, -0.15) is 0 Å². The summed E-state index contributed by atoms with van der Waals surface area (Å²) in [5.41, 5.74) is 3.40. The number of rotatable bonds is 6. The molecule has 27 heavy (non-hydrogen) atoms. The highest BCUT2D eigenvalue weighted by molar-refractivity contribution is 6.30. The molecule has 0 spiro atoms. The van der Waals surface area contributed by atoms with E-state index in [2.05, 4.69) is 34.6 Å². The molecule has 0 saturated carbocycles. The Hall–Kier alpha value is -2.04. The van der Waals surface area contributed by atoms with Crippen molar-refractivity contribution in [2.24, 2.45) is 5.92 Å². The number of likely N-dealkylation sites (tertiary alicyclic amines) is 1. The Bertz CT molecular complexity index is 722. The summed E-state index contributed by atoms with van der Waals surface area (Å²) in [7, 11) is 0. The number of hydrogen-bond acceptors (Lipinski definition) is 2. The van der Waals surface area contributed by atoms with Gasteiger partial charge in [-0.1, -0.05) is 42.8 Å². The molecule has 2 aromatic carbocycles. The van der Waals surface area contributed by atoms with E-state index in [0.29, 0.717) is 5.92 Å². The molecule has 2 amide bonds. The number of hydrogen-bond donors (Lipinski definition) is 2. The van der Waals surface area contributed by atoms with Gasteiger partial charge in [-0.25, -0.2) is 4.79 Å². The molecular formula is C22H28ClN3O. The topological polar surface area (TPSA) is 44.4 Å². The molecule has 0 bridgehead atoms. The molecule has 0 aliphatic carbocycles. The van der Waals surface area contributed by atoms with Crippen molar-refractivity contribution in [3.05, 3.63) is 64.7 Å². The molecule has 2 aromatic rings. The zero-order valence-electron chi connectivity index (χ0n) is 15.9. The van der Waals surface area contributed by atoms with Gasteiger partial charge in [-0.3, -0.25) is 4.90 Å². The average molecular weight is 386 g/mol. The molecule has 1 saturated heterocycles. The summed E-state index contributed by atoms with van der Waals surface area (Å²) in [6, 6.07) is 16.0. The first kappa shape index (κ1) is 19.7. The van der Waals surface area contributed by atoms with Crippen LogP contribution in [0, 0.1) is 5.92 Å². The zero-order chi connectivity index (χ0) is 19.1. The Labute approximate surface area is 166 Å². The summed E-state index contributed by atoms with van der Waals surface area (Å²) in [5, 5.41) is 6.71. The highest BCUT2D eigenvalue weighted by Crippen LogP contribution is 2.19. The molecular weight excluding hydrogens is 358 g/mol. The van der Waals surface area contributed by atoms with Gasteiger partial charge in [-0.15, -0.1) is 0 Å². The van der Waals surface area contributed by atoms with Crippen molar-refractivity contribution in [3.63, 3.8) is 0 Å². The summed E-state index contributed by atoms with van der Waals surface area (Å²) in [6.07, 6.45) is 3.22. The van der Waals surface area contributed by atoms with Crippen molar-refractivity contribution in [3.8, 4) is 0 Å². The molecule has 1 aliphatic heterocycles. The number of carbonyl (C=O) groups excluding carboxylic acids is 1. The third-order valence-electron chi connectivity index (χ3n) is 5.20. The molecule has 5 heteroatoms. The van der Waals surface area contributed by atoms with Gasteiger partial charge in [0, 0.05) is 23.8 Å². The van der Waals surface area contributed by atoms with E-state index in [1.807, 2.05) is 36.4 Å². The number of nitrogens with zero attached hydrogens (tertiary/aromatic N) is 1. The summed E-state index contributed by atoms with van der Waals surface area (Å²) < 4.78 is 0. The van der Waals surface area contributed by atoms with Crippen molar-refractivity contribution in [2.45, 2.75) is 32.7 Å². The van der Waals surface area contributed by atoms with E-state index < -0.39 is 0 Å². The number of benzene rings is 2. The second-order valence-corrected chi connectivity index (χ2v) is 7.67. The molecule has 2 N–H and O–H groups in total. The minimum Gasteiger partial charge on any atom is -0.338 e. The lowest BCUT2D eigenvalue weighted by atomic mass is 9.96. The van der Waals surface area contributed by atoms with Crippen molar-refractivity contribution < 1.29 is 4.79 Å². The Morgan fingerprint density at radius 2 is 1.67 bits per heavy atom. The zero-order valence-corrected chi connectivity index (χ0v) is 16.6. The predicted octanol–water partition coefficient (Wildman–Crippen LogP) is 4.94. The van der Waals surface area contributed by atoms with Crippen LogP contribution in [0.5, 0.6) is 0 Å². The number of urea groups is 1. The van der Waals surface area contributed by atoms with Gasteiger partial charge in [0.1, 0.15) is 0 Å². The van der Waals surface area contributed by atoms with E-state index in [-0.39, 0.29) is 6.03 Å². The second kappa shape index (κ2) is 9.77. The van der Waals surface area contributed by atoms with Crippen molar-refractivity contribution in [2.75, 3.05) is 25.0 Å². The number of aryl methyl sites for hydroxylation is 1. The minimum atomic E-state index is -0.122. The number of nitrogens with one attached hydrogen (secondary N) is 2. The molecule has 0 unspecified atom stereocenters. The highest BCUT2D eigenvalue weighted by atomic mass is 35.5. The predicted molar refractivity (Wildman–Crippen MR) is 112 cm³/mol. The average Bonchev–Trinajstić information content (AvgIpc) is 2.70. The monoisotopic (exact) mass is 385 g/mol. The van der Waals surface area contributed by atoms with Crippen molar-refractivity contribution >= 4 is 23.3 Å². The number of halogens is 1. The summed E-state index contributed by atoms with van der Waals surface area (Å²) >= 11 is 5.95. The number of anilines is 1. The first-order valence-electron chi connectivity index (χ1n) is 9.73. The largest absolute Gasteiger partial charge is 0.338 e. The molecule has 1 fully saturated rings. The normalized spacial score (nSPS) is 15.5. The van der Waals surface area contributed by atoms with Crippen LogP contribution >= 0.6 is 11.6 Å². The van der Waals surface area contributed by atoms with Crippen LogP contribution in [0.15, 0.2) is 48.5 Å². The summed E-state index contributed by atoms with van der Waals surface area (Å²) in [6.45, 7) is 5.94. The van der Waals surface area contributed by atoms with Crippen LogP contribution in [0.3, 0.4) is 0 Å². The fourth-order valence-corrected chi connectivity index (χ4v) is 3.56. The van der Waals surface area contributed by atoms with Gasteiger partial charge in [0.25, 0.3) is 0 Å². The fraction of sp³-hybridized carbons (Fsp3) is 0.409. The van der Waals surface area contributed by atoms with Crippen LogP contribution in [0.2, 0.25) is 5.02 Å². The summed E-state index contributed by atoms with van der Waals surface area (Å²) in [4.78, 5) is 14.6. The third-order valence-corrected chi connectivity index (χ3v) is 5.45. The lowest BCUT2D eigenvalue weighted by Crippen LogP contribution is -2.39. The van der Waals surface area contributed by atoms with Gasteiger partial charge in [0.15, 0.2) is 0 Å². The highest BCUT2D eigenvalue weighted by Gasteiger charge is 2.19. The van der Waals surface area contributed by atoms with E-state index in [4.69, 9.17) is 11.6 Å². The lowest BCUT2D eigenvalue weighted by molar-refractivity contribution is 0.176. The van der Waals surface area contributed by atoms with Gasteiger partial charge >= 0.3 is 6.03 Å². The smallest absolute Gasteiger partial charge is 0.319 e. The van der Waals surface area contributed by atoms with E-state index in [0.717, 1.165) is 56.2 Å². The Kier molecular flexibility index (Phi) is 7.13. The lowest BCUT2D eigenvalue weighted by Gasteiger charge is -2.32. The van der Waals surface area contributed by atoms with Gasteiger partial charge in [0.2, 0.25) is 0 Å². The van der Waals surface area contributed by atoms with Crippen LogP contribution in [-0.4, -0.2) is 30.6 Å². The Balaban J connectivity index is 1.36. The van der Waals surface area contributed by atoms with Gasteiger partial charge in [0.05, 0.1) is 0 Å². The van der Waals surface area contributed by atoms with Gasteiger partial charge < -0.3 is 10.6 Å². The van der Waals surface area contributed by atoms with E-state index in [9.17, 15) is 4.79 Å². The Morgan fingerprint density at radius 3 is 2.30 bits per heavy atom. The fourth-order valence-electron chi connectivity index (χ4n) is 3.43. The van der Waals surface area contributed by atoms with Crippen LogP contribution in [0.4, 0.5) is 10.5 Å². The third kappa shape index (κ3) is 6.26. The molecule has 1 aliphatic rings. The van der Waals surface area contributed by atoms with Crippen LogP contribution in [0.25, 0.3) is 0 Å². The van der Waals surface area contributed by atoms with Gasteiger partial charge in [-0.05, 0) is 73.7 Å². The van der Waals surface area contributed by atoms with E-state index >= 15 is 0 Å². The molecule has 1 heterocycles. The molecule has 0 radical (unpaired) electrons. The maximum atomic E-state index is 12.1. The SMILES string of the molecule is CCc1ccc(NC(=O)NCC2CCN(Cc3ccc(Cl)cc3)CC2)cc1. The van der Waals surface area contributed by atoms with Crippen LogP contribution in [0.1, 0.15) is 30.9 Å². The summed E-state index contributed by atoms with van der Waals surface area (Å²) in [5.74, 6) is 0.541. The molecule has 0 atom stereocenters. The number of carbonyl (C=O) groups is 1. The standard InChI is InChI=1S/C22H28ClN3O/c1-2-17-5-9-21(10-6-17)25-22(27)24-15-18-11-13-26(14-12-18)16-19-3-7-20(23)8-4-19/h3-10,18H,2,11-16H2,1H3,(H2,24,25,27). The first-order chi connectivity index (χ1) is 13.1. The number of piperidine rings is 1. The van der Waals surface area contributed by atoms with Crippen molar-refractivity contribution in [1.82, 2.24) is 10.2 Å². The maximum absolute atomic E-state index is 12.1. The molecule has 0 aromatic heterocycles. The quantitative estimate of drug-likeness (QED) is 0.739. The molecule has 3 rings (SSSR count). The van der Waals surface area contributed by atoms with Crippen molar-refractivity contribution in [1.29, 1.82) is 0 Å². The first-order valence-corrected chi connectivity index (χ1v) is 10.1. The Morgan fingerprint density at radius 1 is 1.04 bits per heavy atom. The number of amides is 2. The van der Waals surface area contributed by atoms with E-state index in [1.54, 1.807) is 0 Å². The molecule has 144 valence electrons. The minimum absolute atomic E-state index is 0.122. The van der Waals surface area contributed by atoms with E-state index in [1.165, 1.54) is 11.1 Å². The maximum Gasteiger partial charge on any atom is 0.319 e.